The summed E-state index contributed by atoms with van der Waals surface area (Å²) in [6, 6.07) is 20.7. The van der Waals surface area contributed by atoms with Crippen LogP contribution in [0.1, 0.15) is 34.6 Å². The molecule has 0 heterocycles. The molecule has 0 aromatic heterocycles. The van der Waals surface area contributed by atoms with Gasteiger partial charge in [-0.3, -0.25) is 0 Å². The third-order valence-electron chi connectivity index (χ3n) is 4.89. The van der Waals surface area contributed by atoms with Crippen molar-refractivity contribution in [2.75, 3.05) is 13.2 Å². The normalized spacial score (nSPS) is 12.5. The van der Waals surface area contributed by atoms with E-state index in [1.165, 1.54) is 10.4 Å². The fourth-order valence-corrected chi connectivity index (χ4v) is 8.11. The molecule has 31 heavy (non-hydrogen) atoms. The Morgan fingerprint density at radius 1 is 0.968 bits per heavy atom. The van der Waals surface area contributed by atoms with Crippen LogP contribution in [0.3, 0.4) is 0 Å². The molecule has 4 nitrogen and oxygen atoms in total. The van der Waals surface area contributed by atoms with Gasteiger partial charge in [0.1, 0.15) is 6.61 Å². The van der Waals surface area contributed by atoms with Crippen LogP contribution in [0.15, 0.2) is 85.2 Å². The topological polar surface area (TPSA) is 44.8 Å². The first-order valence-corrected chi connectivity index (χ1v) is 12.5. The molecule has 0 saturated heterocycles. The Morgan fingerprint density at radius 3 is 1.90 bits per heavy atom. The fourth-order valence-electron chi connectivity index (χ4n) is 3.63. The van der Waals surface area contributed by atoms with Crippen molar-refractivity contribution in [2.45, 2.75) is 45.8 Å². The number of ether oxygens (including phenoxy) is 2. The largest absolute Gasteiger partial charge is 0.482 e. The van der Waals surface area contributed by atoms with Crippen LogP contribution in [0, 0.1) is 0 Å². The van der Waals surface area contributed by atoms with E-state index in [0.29, 0.717) is 0 Å². The lowest BCUT2D eigenvalue weighted by Crippen LogP contribution is -2.66. The van der Waals surface area contributed by atoms with E-state index in [-0.39, 0.29) is 30.1 Å². The smallest absolute Gasteiger partial charge is 0.373 e. The molecular formula is C26H34O4Si. The Morgan fingerprint density at radius 2 is 1.48 bits per heavy atom. The zero-order valence-electron chi connectivity index (χ0n) is 19.3. The Kier molecular flexibility index (Phi) is 8.84. The molecule has 0 aliphatic rings. The molecule has 0 spiro atoms. The predicted molar refractivity (Wildman–Crippen MR) is 129 cm³/mol. The second kappa shape index (κ2) is 11.1. The van der Waals surface area contributed by atoms with E-state index < -0.39 is 14.3 Å². The molecule has 2 rings (SSSR count). The molecule has 0 atom stereocenters. The number of rotatable bonds is 10. The number of hydrogen-bond acceptors (Lipinski definition) is 4. The van der Waals surface area contributed by atoms with Crippen LogP contribution in [0.4, 0.5) is 0 Å². The highest BCUT2D eigenvalue weighted by molar-refractivity contribution is 6.99. The van der Waals surface area contributed by atoms with E-state index in [0.717, 1.165) is 0 Å². The van der Waals surface area contributed by atoms with Gasteiger partial charge in [-0.1, -0.05) is 94.1 Å². The van der Waals surface area contributed by atoms with Crippen molar-refractivity contribution in [1.82, 2.24) is 0 Å². The first-order valence-electron chi connectivity index (χ1n) is 10.6. The molecule has 0 radical (unpaired) electrons. The molecule has 0 unspecified atom stereocenters. The first kappa shape index (κ1) is 24.6. The minimum absolute atomic E-state index is 0.145. The standard InChI is InChI=1S/C26H34O4Si/c1-7-19-28-24(25(27)30-21(2)3)18-20-29-31(26(4,5)6,22-14-10-8-11-15-22)23-16-12-9-13-17-23/h7-18,21H,1,19-20H2,2-6H3/b24-18-. The molecule has 0 fully saturated rings. The van der Waals surface area contributed by atoms with E-state index in [1.54, 1.807) is 12.2 Å². The fraction of sp³-hybridized carbons (Fsp3) is 0.346. The molecule has 0 amide bonds. The van der Waals surface area contributed by atoms with E-state index >= 15 is 0 Å². The molecule has 0 aliphatic heterocycles. The molecule has 0 N–H and O–H groups in total. The average molecular weight is 439 g/mol. The van der Waals surface area contributed by atoms with Crippen LogP contribution in [-0.4, -0.2) is 33.6 Å². The Bertz CT molecular complexity index is 828. The van der Waals surface area contributed by atoms with Gasteiger partial charge >= 0.3 is 5.97 Å². The van der Waals surface area contributed by atoms with Crippen LogP contribution in [0.25, 0.3) is 0 Å². The molecule has 2 aromatic rings. The molecule has 0 saturated carbocycles. The van der Waals surface area contributed by atoms with Gasteiger partial charge < -0.3 is 13.9 Å². The van der Waals surface area contributed by atoms with E-state index in [4.69, 9.17) is 13.9 Å². The van der Waals surface area contributed by atoms with Crippen molar-refractivity contribution in [3.8, 4) is 0 Å². The monoisotopic (exact) mass is 438 g/mol. The highest BCUT2D eigenvalue weighted by Gasteiger charge is 2.49. The van der Waals surface area contributed by atoms with Gasteiger partial charge in [-0.2, -0.15) is 0 Å². The maximum absolute atomic E-state index is 12.5. The van der Waals surface area contributed by atoms with Crippen molar-refractivity contribution in [2.24, 2.45) is 0 Å². The van der Waals surface area contributed by atoms with E-state index in [9.17, 15) is 4.79 Å². The summed E-state index contributed by atoms with van der Waals surface area (Å²) in [6.07, 6.45) is 3.04. The van der Waals surface area contributed by atoms with Gasteiger partial charge in [0.15, 0.2) is 0 Å². The highest BCUT2D eigenvalue weighted by atomic mass is 28.4. The summed E-state index contributed by atoms with van der Waals surface area (Å²) in [5.41, 5.74) is 0. The number of hydrogen-bond donors (Lipinski definition) is 0. The van der Waals surface area contributed by atoms with Gasteiger partial charge in [0.05, 0.1) is 12.7 Å². The quantitative estimate of drug-likeness (QED) is 0.179. The third-order valence-corrected chi connectivity index (χ3v) is 9.89. The van der Waals surface area contributed by atoms with Gasteiger partial charge in [0, 0.05) is 0 Å². The summed E-state index contributed by atoms with van der Waals surface area (Å²) >= 11 is 0. The predicted octanol–water partition coefficient (Wildman–Crippen LogP) is 4.60. The van der Waals surface area contributed by atoms with Crippen molar-refractivity contribution in [3.63, 3.8) is 0 Å². The van der Waals surface area contributed by atoms with Crippen molar-refractivity contribution in [3.05, 3.63) is 85.2 Å². The highest BCUT2D eigenvalue weighted by Crippen LogP contribution is 2.36. The second-order valence-corrected chi connectivity index (χ2v) is 12.9. The van der Waals surface area contributed by atoms with Crippen molar-refractivity contribution < 1.29 is 18.7 Å². The number of carbonyl (C=O) groups is 1. The van der Waals surface area contributed by atoms with Gasteiger partial charge in [-0.05, 0) is 35.3 Å². The summed E-state index contributed by atoms with van der Waals surface area (Å²) in [7, 11) is -2.69. The lowest BCUT2D eigenvalue weighted by atomic mass is 10.2. The zero-order chi connectivity index (χ0) is 22.9. The van der Waals surface area contributed by atoms with Gasteiger partial charge in [0.25, 0.3) is 8.32 Å². The lowest BCUT2D eigenvalue weighted by molar-refractivity contribution is -0.146. The van der Waals surface area contributed by atoms with Crippen LogP contribution in [0.2, 0.25) is 5.04 Å². The summed E-state index contributed by atoms with van der Waals surface area (Å²) in [5, 5.41) is 2.21. The number of benzene rings is 2. The molecule has 2 aromatic carbocycles. The minimum atomic E-state index is -2.69. The Balaban J connectivity index is 2.47. The third kappa shape index (κ3) is 6.18. The van der Waals surface area contributed by atoms with Crippen LogP contribution >= 0.6 is 0 Å². The van der Waals surface area contributed by atoms with E-state index in [1.807, 2.05) is 50.2 Å². The lowest BCUT2D eigenvalue weighted by Gasteiger charge is -2.42. The summed E-state index contributed by atoms with van der Waals surface area (Å²) in [6.45, 7) is 14.4. The zero-order valence-corrected chi connectivity index (χ0v) is 20.3. The van der Waals surface area contributed by atoms with Gasteiger partial charge in [-0.15, -0.1) is 0 Å². The molecule has 0 aliphatic carbocycles. The molecule has 166 valence electrons. The van der Waals surface area contributed by atoms with Gasteiger partial charge in [0.2, 0.25) is 5.76 Å². The van der Waals surface area contributed by atoms with Crippen molar-refractivity contribution >= 4 is 24.7 Å². The number of esters is 1. The molecular weight excluding hydrogens is 404 g/mol. The molecule has 5 heteroatoms. The van der Waals surface area contributed by atoms with E-state index in [2.05, 4.69) is 51.6 Å². The van der Waals surface area contributed by atoms with Crippen LogP contribution < -0.4 is 10.4 Å². The summed E-state index contributed by atoms with van der Waals surface area (Å²) in [5.74, 6) is -0.352. The van der Waals surface area contributed by atoms with Crippen molar-refractivity contribution in [1.29, 1.82) is 0 Å². The number of carbonyl (C=O) groups excluding carboxylic acids is 1. The Hall–Kier alpha value is -2.63. The Labute approximate surface area is 187 Å². The minimum Gasteiger partial charge on any atom is -0.482 e. The van der Waals surface area contributed by atoms with Crippen LogP contribution in [-0.2, 0) is 18.7 Å². The SMILES string of the molecule is C=CCO/C(=C\CO[Si](c1ccccc1)(c1ccccc1)C(C)(C)C)C(=O)OC(C)C. The summed E-state index contributed by atoms with van der Waals surface area (Å²) < 4.78 is 17.7. The maximum Gasteiger partial charge on any atom is 0.373 e. The second-order valence-electron chi connectivity index (χ2n) is 8.60. The maximum atomic E-state index is 12.5. The first-order chi connectivity index (χ1) is 14.7. The van der Waals surface area contributed by atoms with Crippen LogP contribution in [0.5, 0.6) is 0 Å². The summed E-state index contributed by atoms with van der Waals surface area (Å²) in [4.78, 5) is 12.5. The van der Waals surface area contributed by atoms with Gasteiger partial charge in [-0.25, -0.2) is 4.79 Å². The molecule has 0 bridgehead atoms. The average Bonchev–Trinajstić information content (AvgIpc) is 2.73.